The van der Waals surface area contributed by atoms with Gasteiger partial charge >= 0.3 is 0 Å². The van der Waals surface area contributed by atoms with Gasteiger partial charge in [0.1, 0.15) is 11.8 Å². The fourth-order valence-electron chi connectivity index (χ4n) is 3.17. The zero-order chi connectivity index (χ0) is 17.2. The zero-order valence-electron chi connectivity index (χ0n) is 13.9. The number of likely N-dealkylation sites (tertiary alicyclic amines) is 1. The van der Waals surface area contributed by atoms with E-state index >= 15 is 0 Å². The lowest BCUT2D eigenvalue weighted by Crippen LogP contribution is -2.35. The van der Waals surface area contributed by atoms with Gasteiger partial charge in [-0.15, -0.1) is 10.2 Å². The third kappa shape index (κ3) is 3.05. The molecule has 1 aromatic carbocycles. The number of nitrogens with zero attached hydrogens (tertiary/aromatic N) is 5. The van der Waals surface area contributed by atoms with Crippen LogP contribution >= 0.6 is 0 Å². The predicted octanol–water partition coefficient (Wildman–Crippen LogP) is 2.51. The highest BCUT2D eigenvalue weighted by atomic mass is 16.3. The first kappa shape index (κ1) is 15.6. The van der Waals surface area contributed by atoms with E-state index < -0.39 is 6.04 Å². The van der Waals surface area contributed by atoms with Gasteiger partial charge < -0.3 is 9.32 Å². The van der Waals surface area contributed by atoms with E-state index in [1.54, 1.807) is 13.2 Å². The molecule has 1 aliphatic heterocycles. The van der Waals surface area contributed by atoms with Crippen LogP contribution in [0.3, 0.4) is 0 Å². The van der Waals surface area contributed by atoms with Gasteiger partial charge in [-0.25, -0.2) is 0 Å². The highest BCUT2D eigenvalue weighted by Gasteiger charge is 2.32. The van der Waals surface area contributed by atoms with Crippen molar-refractivity contribution in [3.05, 3.63) is 54.5 Å². The Bertz CT molecular complexity index is 844. The van der Waals surface area contributed by atoms with E-state index in [2.05, 4.69) is 15.4 Å². The number of furan rings is 1. The Labute approximate surface area is 145 Å². The number of tetrazole rings is 1. The van der Waals surface area contributed by atoms with Crippen molar-refractivity contribution in [1.29, 1.82) is 0 Å². The van der Waals surface area contributed by atoms with E-state index in [1.807, 2.05) is 47.4 Å². The van der Waals surface area contributed by atoms with Gasteiger partial charge in [-0.1, -0.05) is 30.3 Å². The van der Waals surface area contributed by atoms with E-state index in [0.29, 0.717) is 12.4 Å². The van der Waals surface area contributed by atoms with Crippen molar-refractivity contribution in [2.24, 2.45) is 0 Å². The minimum atomic E-state index is -0.486. The standard InChI is InChI=1S/C18H19N5O2/c1-13(23-20-17(19-21-23)14-6-3-2-4-7-14)18(24)22-10-9-15(12-22)16-8-5-11-25-16/h2-8,11,13,15H,9-10,12H2,1H3/t13-,15+/m0/s1. The predicted molar refractivity (Wildman–Crippen MR) is 90.6 cm³/mol. The van der Waals surface area contributed by atoms with Crippen molar-refractivity contribution in [1.82, 2.24) is 25.1 Å². The Morgan fingerprint density at radius 1 is 1.24 bits per heavy atom. The summed E-state index contributed by atoms with van der Waals surface area (Å²) in [4.78, 5) is 16.0. The second-order valence-corrected chi connectivity index (χ2v) is 6.26. The maximum atomic E-state index is 12.8. The molecule has 1 aliphatic rings. The van der Waals surface area contributed by atoms with Gasteiger partial charge in [0.05, 0.1) is 6.26 Å². The van der Waals surface area contributed by atoms with Crippen LogP contribution in [0.15, 0.2) is 53.1 Å². The van der Waals surface area contributed by atoms with Crippen molar-refractivity contribution in [3.8, 4) is 11.4 Å². The third-order valence-electron chi connectivity index (χ3n) is 4.61. The summed E-state index contributed by atoms with van der Waals surface area (Å²) in [7, 11) is 0. The number of benzene rings is 1. The molecule has 25 heavy (non-hydrogen) atoms. The second kappa shape index (κ2) is 6.51. The van der Waals surface area contributed by atoms with Crippen molar-refractivity contribution >= 4 is 5.91 Å². The van der Waals surface area contributed by atoms with Gasteiger partial charge in [-0.05, 0) is 30.7 Å². The van der Waals surface area contributed by atoms with E-state index in [9.17, 15) is 4.79 Å². The summed E-state index contributed by atoms with van der Waals surface area (Å²) >= 11 is 0. The molecule has 0 unspecified atom stereocenters. The van der Waals surface area contributed by atoms with Crippen molar-refractivity contribution < 1.29 is 9.21 Å². The summed E-state index contributed by atoms with van der Waals surface area (Å²) in [5.41, 5.74) is 0.882. The third-order valence-corrected chi connectivity index (χ3v) is 4.61. The number of amides is 1. The van der Waals surface area contributed by atoms with E-state index in [4.69, 9.17) is 4.42 Å². The minimum absolute atomic E-state index is 0.00562. The van der Waals surface area contributed by atoms with Crippen LogP contribution in [-0.2, 0) is 4.79 Å². The van der Waals surface area contributed by atoms with Crippen LogP contribution in [0.5, 0.6) is 0 Å². The van der Waals surface area contributed by atoms with Crippen molar-refractivity contribution in [3.63, 3.8) is 0 Å². The highest BCUT2D eigenvalue weighted by molar-refractivity contribution is 5.80. The summed E-state index contributed by atoms with van der Waals surface area (Å²) in [6, 6.07) is 13.0. The molecule has 1 fully saturated rings. The summed E-state index contributed by atoms with van der Waals surface area (Å²) < 4.78 is 5.47. The molecule has 2 atom stereocenters. The average molecular weight is 337 g/mol. The number of carbonyl (C=O) groups excluding carboxylic acids is 1. The molecule has 0 saturated carbocycles. The Morgan fingerprint density at radius 2 is 2.08 bits per heavy atom. The molecule has 128 valence electrons. The van der Waals surface area contributed by atoms with Crippen LogP contribution in [0, 0.1) is 0 Å². The quantitative estimate of drug-likeness (QED) is 0.731. The monoisotopic (exact) mass is 337 g/mol. The molecule has 0 radical (unpaired) electrons. The van der Waals surface area contributed by atoms with Crippen molar-refractivity contribution in [2.45, 2.75) is 25.3 Å². The van der Waals surface area contributed by atoms with Crippen LogP contribution in [0.25, 0.3) is 11.4 Å². The van der Waals surface area contributed by atoms with E-state index in [1.165, 1.54) is 4.80 Å². The van der Waals surface area contributed by atoms with Crippen molar-refractivity contribution in [2.75, 3.05) is 13.1 Å². The Morgan fingerprint density at radius 3 is 2.84 bits per heavy atom. The molecule has 1 amide bonds. The summed E-state index contributed by atoms with van der Waals surface area (Å²) in [6.45, 7) is 3.19. The first-order valence-electron chi connectivity index (χ1n) is 8.39. The van der Waals surface area contributed by atoms with Gasteiger partial charge in [0.25, 0.3) is 0 Å². The summed E-state index contributed by atoms with van der Waals surface area (Å²) in [5, 5.41) is 12.5. The molecule has 0 spiro atoms. The lowest BCUT2D eigenvalue weighted by atomic mass is 10.1. The lowest BCUT2D eigenvalue weighted by Gasteiger charge is -2.19. The van der Waals surface area contributed by atoms with E-state index in [-0.39, 0.29) is 11.8 Å². The van der Waals surface area contributed by atoms with Gasteiger partial charge in [0.15, 0.2) is 0 Å². The largest absolute Gasteiger partial charge is 0.469 e. The van der Waals surface area contributed by atoms with Gasteiger partial charge in [0, 0.05) is 24.6 Å². The fraction of sp³-hybridized carbons (Fsp3) is 0.333. The molecule has 1 saturated heterocycles. The van der Waals surface area contributed by atoms with Gasteiger partial charge in [0.2, 0.25) is 11.7 Å². The topological polar surface area (TPSA) is 77.0 Å². The first-order valence-corrected chi connectivity index (χ1v) is 8.39. The number of aromatic nitrogens is 4. The average Bonchev–Trinajstić information content (AvgIpc) is 3.42. The van der Waals surface area contributed by atoms with Gasteiger partial charge in [-0.3, -0.25) is 4.79 Å². The second-order valence-electron chi connectivity index (χ2n) is 6.26. The molecule has 3 aromatic rings. The molecule has 7 heteroatoms. The van der Waals surface area contributed by atoms with Crippen LogP contribution < -0.4 is 0 Å². The fourth-order valence-corrected chi connectivity index (χ4v) is 3.17. The van der Waals surface area contributed by atoms with Crippen LogP contribution in [-0.4, -0.2) is 44.1 Å². The maximum Gasteiger partial charge on any atom is 0.249 e. The molecular formula is C18H19N5O2. The molecule has 0 bridgehead atoms. The molecule has 2 aromatic heterocycles. The number of rotatable bonds is 4. The number of carbonyl (C=O) groups is 1. The number of hydrogen-bond acceptors (Lipinski definition) is 5. The Hall–Kier alpha value is -2.96. The molecule has 7 nitrogen and oxygen atoms in total. The molecule has 0 aliphatic carbocycles. The molecule has 3 heterocycles. The van der Waals surface area contributed by atoms with E-state index in [0.717, 1.165) is 24.3 Å². The number of hydrogen-bond donors (Lipinski definition) is 0. The zero-order valence-corrected chi connectivity index (χ0v) is 13.9. The Balaban J connectivity index is 1.45. The van der Waals surface area contributed by atoms with Crippen LogP contribution in [0.1, 0.15) is 31.1 Å². The summed E-state index contributed by atoms with van der Waals surface area (Å²) in [5.74, 6) is 1.73. The smallest absolute Gasteiger partial charge is 0.249 e. The maximum absolute atomic E-state index is 12.8. The highest BCUT2D eigenvalue weighted by Crippen LogP contribution is 2.28. The minimum Gasteiger partial charge on any atom is -0.469 e. The normalized spacial score (nSPS) is 18.4. The van der Waals surface area contributed by atoms with Crippen LogP contribution in [0.4, 0.5) is 0 Å². The Kier molecular flexibility index (Phi) is 4.05. The first-order chi connectivity index (χ1) is 12.2. The lowest BCUT2D eigenvalue weighted by molar-refractivity contribution is -0.133. The molecule has 4 rings (SSSR count). The molecular weight excluding hydrogens is 318 g/mol. The van der Waals surface area contributed by atoms with Crippen LogP contribution in [0.2, 0.25) is 0 Å². The van der Waals surface area contributed by atoms with Gasteiger partial charge in [-0.2, -0.15) is 4.80 Å². The summed E-state index contributed by atoms with van der Waals surface area (Å²) in [6.07, 6.45) is 2.58. The SMILES string of the molecule is C[C@@H](C(=O)N1CC[C@@H](c2ccco2)C1)n1nnc(-c2ccccc2)n1. The molecule has 0 N–H and O–H groups in total.